The number of ether oxygens (including phenoxy) is 1. The van der Waals surface area contributed by atoms with E-state index in [1.54, 1.807) is 11.3 Å². The Morgan fingerprint density at radius 1 is 1.24 bits per heavy atom. The number of thiophene rings is 1. The summed E-state index contributed by atoms with van der Waals surface area (Å²) in [6, 6.07) is 10.1. The van der Waals surface area contributed by atoms with E-state index in [-0.39, 0.29) is 0 Å². The Kier molecular flexibility index (Phi) is 3.75. The van der Waals surface area contributed by atoms with Crippen LogP contribution in [0.2, 0.25) is 0 Å². The molecule has 0 aliphatic rings. The number of fused-ring (bicyclic) bond motifs is 1. The molecule has 21 heavy (non-hydrogen) atoms. The number of rotatable bonds is 4. The van der Waals surface area contributed by atoms with E-state index in [2.05, 4.69) is 41.3 Å². The highest BCUT2D eigenvalue weighted by molar-refractivity contribution is 7.18. The average molecular weight is 299 g/mol. The van der Waals surface area contributed by atoms with Crippen LogP contribution in [0, 0.1) is 6.92 Å². The first kappa shape index (κ1) is 13.8. The van der Waals surface area contributed by atoms with Crippen molar-refractivity contribution in [3.63, 3.8) is 0 Å². The number of aromatic nitrogens is 2. The number of nitrogens with one attached hydrogen (secondary N) is 1. The number of para-hydroxylation sites is 1. The van der Waals surface area contributed by atoms with Gasteiger partial charge in [-0.3, -0.25) is 0 Å². The predicted molar refractivity (Wildman–Crippen MR) is 87.6 cm³/mol. The molecule has 2 heterocycles. The zero-order chi connectivity index (χ0) is 14.8. The Bertz CT molecular complexity index is 782. The minimum absolute atomic E-state index is 0.577. The summed E-state index contributed by atoms with van der Waals surface area (Å²) < 4.78 is 6.09. The van der Waals surface area contributed by atoms with Crippen LogP contribution in [0.5, 0.6) is 11.6 Å². The lowest BCUT2D eigenvalue weighted by Crippen LogP contribution is -1.99. The summed E-state index contributed by atoms with van der Waals surface area (Å²) in [6.07, 6.45) is 0.923. The third kappa shape index (κ3) is 2.69. The van der Waals surface area contributed by atoms with Crippen LogP contribution in [-0.4, -0.2) is 17.0 Å². The molecule has 4 nitrogen and oxygen atoms in total. The molecule has 0 aliphatic carbocycles. The molecule has 2 aromatic heterocycles. The molecule has 0 unspecified atom stereocenters. The van der Waals surface area contributed by atoms with Crippen LogP contribution >= 0.6 is 11.3 Å². The van der Waals surface area contributed by atoms with Gasteiger partial charge >= 0.3 is 0 Å². The number of hydrogen-bond acceptors (Lipinski definition) is 5. The fraction of sp³-hybridized carbons (Fsp3) is 0.250. The van der Waals surface area contributed by atoms with Crippen molar-refractivity contribution in [3.05, 3.63) is 40.8 Å². The minimum Gasteiger partial charge on any atom is -0.438 e. The SMILES string of the molecule is CCc1ccccc1Oc1nc(NC)nc2sc(C)cc12. The van der Waals surface area contributed by atoms with E-state index in [4.69, 9.17) is 4.74 Å². The molecule has 0 saturated carbocycles. The summed E-state index contributed by atoms with van der Waals surface area (Å²) in [7, 11) is 1.81. The maximum atomic E-state index is 6.09. The van der Waals surface area contributed by atoms with Gasteiger partial charge in [-0.15, -0.1) is 11.3 Å². The highest BCUT2D eigenvalue weighted by Gasteiger charge is 2.13. The molecule has 0 saturated heterocycles. The van der Waals surface area contributed by atoms with Gasteiger partial charge in [0.15, 0.2) is 0 Å². The number of hydrogen-bond donors (Lipinski definition) is 1. The first-order valence-corrected chi connectivity index (χ1v) is 7.74. The predicted octanol–water partition coefficient (Wildman–Crippen LogP) is 4.40. The van der Waals surface area contributed by atoms with Gasteiger partial charge in [-0.05, 0) is 31.0 Å². The molecule has 5 heteroatoms. The Hall–Kier alpha value is -2.14. The van der Waals surface area contributed by atoms with Crippen LogP contribution in [0.4, 0.5) is 5.95 Å². The number of benzene rings is 1. The van der Waals surface area contributed by atoms with Gasteiger partial charge in [0.2, 0.25) is 11.8 Å². The third-order valence-electron chi connectivity index (χ3n) is 3.26. The maximum Gasteiger partial charge on any atom is 0.232 e. The third-order valence-corrected chi connectivity index (χ3v) is 4.21. The van der Waals surface area contributed by atoms with Crippen molar-refractivity contribution < 1.29 is 4.74 Å². The van der Waals surface area contributed by atoms with Crippen LogP contribution in [0.1, 0.15) is 17.4 Å². The van der Waals surface area contributed by atoms with Crippen molar-refractivity contribution in [2.75, 3.05) is 12.4 Å². The van der Waals surface area contributed by atoms with Gasteiger partial charge in [-0.2, -0.15) is 4.98 Å². The molecule has 0 radical (unpaired) electrons. The number of aryl methyl sites for hydroxylation is 2. The molecule has 3 aromatic rings. The van der Waals surface area contributed by atoms with Crippen molar-refractivity contribution >= 4 is 27.5 Å². The maximum absolute atomic E-state index is 6.09. The summed E-state index contributed by atoms with van der Waals surface area (Å²) >= 11 is 1.65. The van der Waals surface area contributed by atoms with Gasteiger partial charge < -0.3 is 10.1 Å². The fourth-order valence-corrected chi connectivity index (χ4v) is 3.08. The topological polar surface area (TPSA) is 47.0 Å². The molecule has 1 N–H and O–H groups in total. The van der Waals surface area contributed by atoms with E-state index in [1.807, 2.05) is 25.2 Å². The van der Waals surface area contributed by atoms with Crippen molar-refractivity contribution in [1.82, 2.24) is 9.97 Å². The first-order valence-electron chi connectivity index (χ1n) is 6.93. The molecule has 1 aromatic carbocycles. The normalized spacial score (nSPS) is 10.8. The standard InChI is InChI=1S/C16H17N3OS/c1-4-11-7-5-6-8-13(11)20-14-12-9-10(2)21-15(12)19-16(17-3)18-14/h5-9H,4H2,1-3H3,(H,17,18,19). The van der Waals surface area contributed by atoms with E-state index < -0.39 is 0 Å². The Morgan fingerprint density at radius 2 is 2.05 bits per heavy atom. The van der Waals surface area contributed by atoms with Crippen molar-refractivity contribution in [3.8, 4) is 11.6 Å². The monoisotopic (exact) mass is 299 g/mol. The fourth-order valence-electron chi connectivity index (χ4n) is 2.21. The van der Waals surface area contributed by atoms with Gasteiger partial charge in [0.25, 0.3) is 0 Å². The summed E-state index contributed by atoms with van der Waals surface area (Å²) in [5.74, 6) is 2.04. The molecule has 0 spiro atoms. The molecule has 0 atom stereocenters. The van der Waals surface area contributed by atoms with Gasteiger partial charge in [0.05, 0.1) is 5.39 Å². The Balaban J connectivity index is 2.10. The minimum atomic E-state index is 0.577. The quantitative estimate of drug-likeness (QED) is 0.776. The lowest BCUT2D eigenvalue weighted by Gasteiger charge is -2.10. The van der Waals surface area contributed by atoms with Crippen LogP contribution in [0.15, 0.2) is 30.3 Å². The summed E-state index contributed by atoms with van der Waals surface area (Å²) in [5, 5.41) is 3.95. The largest absolute Gasteiger partial charge is 0.438 e. The van der Waals surface area contributed by atoms with E-state index in [1.165, 1.54) is 10.4 Å². The lowest BCUT2D eigenvalue weighted by molar-refractivity contribution is 0.464. The second kappa shape index (κ2) is 5.69. The first-order chi connectivity index (χ1) is 10.2. The molecule has 0 amide bonds. The zero-order valence-corrected chi connectivity index (χ0v) is 13.1. The second-order valence-corrected chi connectivity index (χ2v) is 5.98. The lowest BCUT2D eigenvalue weighted by atomic mass is 10.1. The van der Waals surface area contributed by atoms with Crippen LogP contribution in [0.25, 0.3) is 10.2 Å². The van der Waals surface area contributed by atoms with Crippen molar-refractivity contribution in [1.29, 1.82) is 0 Å². The molecular weight excluding hydrogens is 282 g/mol. The van der Waals surface area contributed by atoms with Crippen LogP contribution in [-0.2, 0) is 6.42 Å². The number of nitrogens with zero attached hydrogens (tertiary/aromatic N) is 2. The van der Waals surface area contributed by atoms with Gasteiger partial charge in [-0.1, -0.05) is 25.1 Å². The second-order valence-electron chi connectivity index (χ2n) is 4.74. The average Bonchev–Trinajstić information content (AvgIpc) is 2.88. The van der Waals surface area contributed by atoms with E-state index in [9.17, 15) is 0 Å². The van der Waals surface area contributed by atoms with Crippen molar-refractivity contribution in [2.45, 2.75) is 20.3 Å². The summed E-state index contributed by atoms with van der Waals surface area (Å²) in [5.41, 5.74) is 1.17. The molecule has 0 aliphatic heterocycles. The van der Waals surface area contributed by atoms with Crippen LogP contribution in [0.3, 0.4) is 0 Å². The molecule has 0 bridgehead atoms. The molecule has 0 fully saturated rings. The van der Waals surface area contributed by atoms with Crippen molar-refractivity contribution in [2.24, 2.45) is 0 Å². The molecule has 3 rings (SSSR count). The zero-order valence-electron chi connectivity index (χ0n) is 12.3. The Labute approximate surface area is 127 Å². The summed E-state index contributed by atoms with van der Waals surface area (Å²) in [6.45, 7) is 4.18. The number of anilines is 1. The van der Waals surface area contributed by atoms with E-state index in [0.717, 1.165) is 22.4 Å². The Morgan fingerprint density at radius 3 is 2.81 bits per heavy atom. The van der Waals surface area contributed by atoms with Gasteiger partial charge in [-0.25, -0.2) is 4.98 Å². The van der Waals surface area contributed by atoms with E-state index in [0.29, 0.717) is 11.8 Å². The smallest absolute Gasteiger partial charge is 0.232 e. The van der Waals surface area contributed by atoms with Crippen LogP contribution < -0.4 is 10.1 Å². The molecular formula is C16H17N3OS. The van der Waals surface area contributed by atoms with E-state index >= 15 is 0 Å². The van der Waals surface area contributed by atoms with Gasteiger partial charge in [0, 0.05) is 11.9 Å². The molecule has 108 valence electrons. The highest BCUT2D eigenvalue weighted by Crippen LogP contribution is 2.34. The van der Waals surface area contributed by atoms with Gasteiger partial charge in [0.1, 0.15) is 10.6 Å². The summed E-state index contributed by atoms with van der Waals surface area (Å²) in [4.78, 5) is 11.1. The highest BCUT2D eigenvalue weighted by atomic mass is 32.1.